The lowest BCUT2D eigenvalue weighted by Gasteiger charge is -2.49. The number of nitrogen functional groups attached to an aromatic ring is 1. The minimum absolute atomic E-state index is 0.0911. The summed E-state index contributed by atoms with van der Waals surface area (Å²) in [5.41, 5.74) is 8.17. The van der Waals surface area contributed by atoms with E-state index < -0.39 is 29.2 Å². The van der Waals surface area contributed by atoms with Gasteiger partial charge in [0, 0.05) is 35.5 Å². The van der Waals surface area contributed by atoms with Crippen LogP contribution in [0.15, 0.2) is 50.5 Å². The van der Waals surface area contributed by atoms with E-state index in [-0.39, 0.29) is 39.7 Å². The van der Waals surface area contributed by atoms with Crippen molar-refractivity contribution in [2.24, 2.45) is 5.16 Å². The van der Waals surface area contributed by atoms with Gasteiger partial charge in [-0.05, 0) is 61.4 Å². The molecule has 0 radical (unpaired) electrons. The molecule has 13 nitrogen and oxygen atoms in total. The maximum Gasteiger partial charge on any atom is 0.352 e. The molecule has 2 atom stereocenters. The number of hydrogen-bond donors (Lipinski definition) is 5. The number of H-pyrrole nitrogens is 1. The molecule has 0 unspecified atom stereocenters. The number of carbonyl (C=O) groups excluding carboxylic acids is 2. The molecule has 1 saturated carbocycles. The summed E-state index contributed by atoms with van der Waals surface area (Å²) in [7, 11) is 0. The molecule has 3 aliphatic heterocycles. The molecular weight excluding hydrogens is 582 g/mol. The summed E-state index contributed by atoms with van der Waals surface area (Å²) in [6, 6.07) is 2.19. The predicted octanol–water partition coefficient (Wildman–Crippen LogP) is 1.26. The van der Waals surface area contributed by atoms with Crippen LogP contribution in [0.5, 0.6) is 0 Å². The minimum Gasteiger partial charge on any atom is -0.477 e. The second-order valence-electron chi connectivity index (χ2n) is 10.4. The van der Waals surface area contributed by atoms with Gasteiger partial charge in [0.1, 0.15) is 28.9 Å². The maximum atomic E-state index is 13.5. The van der Waals surface area contributed by atoms with Crippen LogP contribution < -0.4 is 21.9 Å². The van der Waals surface area contributed by atoms with E-state index in [4.69, 9.17) is 10.6 Å². The summed E-state index contributed by atoms with van der Waals surface area (Å²) in [5.74, 6) is -2.20. The Morgan fingerprint density at radius 3 is 2.74 bits per heavy atom. The van der Waals surface area contributed by atoms with Gasteiger partial charge in [-0.15, -0.1) is 23.1 Å². The van der Waals surface area contributed by atoms with Crippen molar-refractivity contribution in [3.63, 3.8) is 0 Å². The number of amides is 2. The molecule has 2 aromatic heterocycles. The van der Waals surface area contributed by atoms with Crippen molar-refractivity contribution >= 4 is 57.3 Å². The Hall–Kier alpha value is -3.95. The first-order valence-electron chi connectivity index (χ1n) is 13.6. The summed E-state index contributed by atoms with van der Waals surface area (Å²) in [6.07, 6.45) is 5.83. The van der Waals surface area contributed by atoms with Crippen LogP contribution in [-0.4, -0.2) is 79.8 Å². The van der Waals surface area contributed by atoms with Crippen LogP contribution in [0.1, 0.15) is 43.4 Å². The second kappa shape index (κ2) is 11.7. The number of β-lactam (4-membered cyclic amide) rings is 1. The quantitative estimate of drug-likeness (QED) is 0.165. The third-order valence-corrected chi connectivity index (χ3v) is 9.65. The van der Waals surface area contributed by atoms with Crippen LogP contribution in [0, 0.1) is 0 Å². The number of oxime groups is 1. The first-order chi connectivity index (χ1) is 20.3. The van der Waals surface area contributed by atoms with Gasteiger partial charge in [0.25, 0.3) is 11.8 Å². The van der Waals surface area contributed by atoms with Gasteiger partial charge in [-0.3, -0.25) is 19.3 Å². The summed E-state index contributed by atoms with van der Waals surface area (Å²) in [6.45, 7) is 1.27. The fourth-order valence-electron chi connectivity index (χ4n) is 5.71. The molecule has 42 heavy (non-hydrogen) atoms. The number of pyridine rings is 1. The number of aromatic amines is 1. The molecule has 5 heterocycles. The van der Waals surface area contributed by atoms with Gasteiger partial charge < -0.3 is 31.3 Å². The number of allylic oxidation sites excluding steroid dienone is 1. The summed E-state index contributed by atoms with van der Waals surface area (Å²) in [4.78, 5) is 65.3. The van der Waals surface area contributed by atoms with Gasteiger partial charge in [0.15, 0.2) is 10.8 Å². The highest BCUT2D eigenvalue weighted by Gasteiger charge is 2.55. The van der Waals surface area contributed by atoms with Crippen molar-refractivity contribution in [1.29, 1.82) is 0 Å². The monoisotopic (exact) mass is 611 g/mol. The lowest BCUT2D eigenvalue weighted by Crippen LogP contribution is -2.71. The molecule has 220 valence electrons. The summed E-state index contributed by atoms with van der Waals surface area (Å²) in [5, 5.41) is 21.6. The Morgan fingerprint density at radius 1 is 1.26 bits per heavy atom. The number of aromatic nitrogens is 2. The zero-order valence-corrected chi connectivity index (χ0v) is 24.1. The zero-order chi connectivity index (χ0) is 29.4. The smallest absolute Gasteiger partial charge is 0.352 e. The van der Waals surface area contributed by atoms with E-state index >= 15 is 0 Å². The van der Waals surface area contributed by atoms with E-state index in [0.717, 1.165) is 49.1 Å². The number of carboxylic acid groups (broad SMARTS) is 1. The fourth-order valence-corrected chi connectivity index (χ4v) is 7.62. The van der Waals surface area contributed by atoms with Crippen LogP contribution >= 0.6 is 23.1 Å². The first kappa shape index (κ1) is 28.2. The molecule has 1 aliphatic carbocycles. The predicted molar refractivity (Wildman–Crippen MR) is 158 cm³/mol. The third-order valence-electron chi connectivity index (χ3n) is 7.69. The van der Waals surface area contributed by atoms with E-state index in [2.05, 4.69) is 25.8 Å². The number of carboxylic acids is 1. The number of nitrogens with two attached hydrogens (primary N) is 1. The van der Waals surface area contributed by atoms with Gasteiger partial charge in [-0.2, -0.15) is 0 Å². The molecule has 2 aromatic rings. The topological polar surface area (TPSA) is 192 Å². The number of fused-ring (bicyclic) bond motifs is 1. The van der Waals surface area contributed by atoms with Gasteiger partial charge in [-0.1, -0.05) is 5.16 Å². The first-order valence-corrected chi connectivity index (χ1v) is 15.5. The fraction of sp³-hybridized carbons (Fsp3) is 0.407. The Bertz CT molecular complexity index is 1580. The van der Waals surface area contributed by atoms with E-state index in [9.17, 15) is 24.3 Å². The highest BCUT2D eigenvalue weighted by Crippen LogP contribution is 2.45. The number of carbonyl (C=O) groups is 3. The van der Waals surface area contributed by atoms with Crippen molar-refractivity contribution in [3.8, 4) is 0 Å². The van der Waals surface area contributed by atoms with E-state index in [1.54, 1.807) is 11.4 Å². The molecule has 0 spiro atoms. The molecule has 6 N–H and O–H groups in total. The number of nitrogens with one attached hydrogen (secondary N) is 3. The van der Waals surface area contributed by atoms with Crippen LogP contribution in [0.25, 0.3) is 5.57 Å². The number of aliphatic carboxylic acids is 1. The normalized spacial score (nSPS) is 24.0. The van der Waals surface area contributed by atoms with Gasteiger partial charge in [-0.25, -0.2) is 9.78 Å². The molecule has 4 aliphatic rings. The lowest BCUT2D eigenvalue weighted by molar-refractivity contribution is -0.150. The SMILES string of the molecule is Nc1nc(C(=NOC2CCCC2)C(=O)N[C@@H]2C(=O)N3C(C(=O)O)=C(C(=C4CCNC4)c4cc[nH]c(=O)c4)CS[C@H]23)cs1. The number of hydrogen-bond acceptors (Lipinski definition) is 11. The Balaban J connectivity index is 1.29. The van der Waals surface area contributed by atoms with Crippen molar-refractivity contribution in [3.05, 3.63) is 62.2 Å². The van der Waals surface area contributed by atoms with Gasteiger partial charge in [0.2, 0.25) is 5.56 Å². The van der Waals surface area contributed by atoms with Crippen molar-refractivity contribution in [1.82, 2.24) is 25.5 Å². The van der Waals surface area contributed by atoms with Gasteiger partial charge >= 0.3 is 5.97 Å². The lowest BCUT2D eigenvalue weighted by atomic mass is 9.90. The third kappa shape index (κ3) is 5.34. The van der Waals surface area contributed by atoms with E-state index in [1.807, 2.05) is 0 Å². The van der Waals surface area contributed by atoms with E-state index in [0.29, 0.717) is 29.7 Å². The second-order valence-corrected chi connectivity index (χ2v) is 12.4. The number of anilines is 1. The highest BCUT2D eigenvalue weighted by molar-refractivity contribution is 8.00. The number of thiazole rings is 1. The number of rotatable bonds is 8. The van der Waals surface area contributed by atoms with Crippen LogP contribution in [0.4, 0.5) is 5.13 Å². The average Bonchev–Trinajstić information content (AvgIpc) is 3.76. The van der Waals surface area contributed by atoms with Crippen LogP contribution in [0.2, 0.25) is 0 Å². The number of nitrogens with zero attached hydrogens (tertiary/aromatic N) is 3. The molecule has 2 saturated heterocycles. The molecule has 0 bridgehead atoms. The van der Waals surface area contributed by atoms with Crippen LogP contribution in [-0.2, 0) is 19.2 Å². The Morgan fingerprint density at radius 2 is 2.07 bits per heavy atom. The van der Waals surface area contributed by atoms with Crippen molar-refractivity contribution < 1.29 is 24.3 Å². The molecule has 3 fully saturated rings. The molecule has 15 heteroatoms. The van der Waals surface area contributed by atoms with Crippen molar-refractivity contribution in [2.45, 2.75) is 49.6 Å². The van der Waals surface area contributed by atoms with Crippen molar-refractivity contribution in [2.75, 3.05) is 24.6 Å². The number of thioether (sulfide) groups is 1. The Labute approximate surface area is 248 Å². The highest BCUT2D eigenvalue weighted by atomic mass is 32.2. The summed E-state index contributed by atoms with van der Waals surface area (Å²) >= 11 is 2.50. The van der Waals surface area contributed by atoms with E-state index in [1.165, 1.54) is 28.9 Å². The molecule has 6 rings (SSSR count). The largest absolute Gasteiger partial charge is 0.477 e. The zero-order valence-electron chi connectivity index (χ0n) is 22.4. The van der Waals surface area contributed by atoms with Crippen LogP contribution in [0.3, 0.4) is 0 Å². The standard InChI is InChI=1S/C27H29N7O6S2/c28-27-31-17(12-42-27)20(33-40-15-3-1-2-4-15)23(36)32-21-24(37)34-22(26(38)39)16(11-41-25(21)34)19(14-5-7-29-10-14)13-6-8-30-18(35)9-13/h6,8-9,12,15,21,25,29H,1-5,7,10-11H2,(H2,28,31)(H,30,35)(H,32,36)(H,38,39)/t21-,25-/m1/s1. The Kier molecular flexibility index (Phi) is 7.88. The van der Waals surface area contributed by atoms with Gasteiger partial charge in [0.05, 0.1) is 0 Å². The summed E-state index contributed by atoms with van der Waals surface area (Å²) < 4.78 is 0. The molecule has 0 aromatic carbocycles. The molecular formula is C27H29N7O6S2. The minimum atomic E-state index is -1.26. The average molecular weight is 612 g/mol. The maximum absolute atomic E-state index is 13.5. The molecule has 2 amide bonds.